The van der Waals surface area contributed by atoms with E-state index in [9.17, 15) is 9.59 Å². The Bertz CT molecular complexity index is 707. The Labute approximate surface area is 129 Å². The number of fused-ring (bicyclic) bond motifs is 1. The fraction of sp³-hybridized carbons (Fsp3) is 0.111. The van der Waals surface area contributed by atoms with Crippen molar-refractivity contribution in [3.05, 3.63) is 67.8 Å². The van der Waals surface area contributed by atoms with Gasteiger partial charge in [0.15, 0.2) is 0 Å². The minimum absolute atomic E-state index is 0.299. The summed E-state index contributed by atoms with van der Waals surface area (Å²) in [6, 6.07) is 13.2. The van der Waals surface area contributed by atoms with Gasteiger partial charge in [-0.15, -0.1) is 13.2 Å². The van der Waals surface area contributed by atoms with Gasteiger partial charge in [0.1, 0.15) is 0 Å². The third-order valence-electron chi connectivity index (χ3n) is 3.22. The van der Waals surface area contributed by atoms with Gasteiger partial charge < -0.3 is 10.2 Å². The zero-order valence-electron chi connectivity index (χ0n) is 12.3. The molecule has 0 unspecified atom stereocenters. The van der Waals surface area contributed by atoms with Crippen LogP contribution >= 0.6 is 0 Å². The molecule has 22 heavy (non-hydrogen) atoms. The second-order valence-corrected chi connectivity index (χ2v) is 4.77. The molecule has 0 aliphatic heterocycles. The highest BCUT2D eigenvalue weighted by Crippen LogP contribution is 2.22. The molecule has 2 aromatic rings. The van der Waals surface area contributed by atoms with Crippen molar-refractivity contribution in [2.24, 2.45) is 0 Å². The number of hydrogen-bond acceptors (Lipinski definition) is 2. The molecule has 2 amide bonds. The maximum atomic E-state index is 12.2. The fourth-order valence-corrected chi connectivity index (χ4v) is 2.21. The number of hydrogen-bond donors (Lipinski definition) is 1. The quantitative estimate of drug-likeness (QED) is 0.681. The Balaban J connectivity index is 2.21. The van der Waals surface area contributed by atoms with Gasteiger partial charge in [-0.3, -0.25) is 9.59 Å². The van der Waals surface area contributed by atoms with Crippen LogP contribution in [0.1, 0.15) is 0 Å². The topological polar surface area (TPSA) is 49.4 Å². The van der Waals surface area contributed by atoms with E-state index < -0.39 is 11.8 Å². The zero-order valence-corrected chi connectivity index (χ0v) is 12.3. The lowest BCUT2D eigenvalue weighted by molar-refractivity contribution is -0.142. The monoisotopic (exact) mass is 294 g/mol. The van der Waals surface area contributed by atoms with Gasteiger partial charge in [-0.25, -0.2) is 0 Å². The Morgan fingerprint density at radius 3 is 2.32 bits per heavy atom. The third-order valence-corrected chi connectivity index (χ3v) is 3.22. The standard InChI is InChI=1S/C18H18N2O2/c1-3-12-20(13-4-2)18(22)17(21)19-16-11-7-9-14-8-5-6-10-15(14)16/h3-11H,1-2,12-13H2,(H,19,21). The molecule has 0 aromatic heterocycles. The summed E-state index contributed by atoms with van der Waals surface area (Å²) in [6.45, 7) is 7.78. The number of benzene rings is 2. The smallest absolute Gasteiger partial charge is 0.313 e. The first-order valence-corrected chi connectivity index (χ1v) is 6.97. The SMILES string of the molecule is C=CCN(CC=C)C(=O)C(=O)Nc1cccc2ccccc12. The first kappa shape index (κ1) is 15.5. The molecule has 0 heterocycles. The summed E-state index contributed by atoms with van der Waals surface area (Å²) in [5.41, 5.74) is 0.619. The van der Waals surface area contributed by atoms with Crippen molar-refractivity contribution in [1.82, 2.24) is 4.90 Å². The second-order valence-electron chi connectivity index (χ2n) is 4.77. The van der Waals surface area contributed by atoms with E-state index in [1.54, 1.807) is 18.2 Å². The first-order chi connectivity index (χ1) is 10.7. The normalized spacial score (nSPS) is 10.0. The average molecular weight is 294 g/mol. The summed E-state index contributed by atoms with van der Waals surface area (Å²) in [6.07, 6.45) is 3.15. The van der Waals surface area contributed by atoms with Crippen molar-refractivity contribution in [3.63, 3.8) is 0 Å². The predicted octanol–water partition coefficient (Wildman–Crippen LogP) is 2.98. The molecule has 0 bridgehead atoms. The summed E-state index contributed by atoms with van der Waals surface area (Å²) in [5, 5.41) is 4.58. The van der Waals surface area contributed by atoms with E-state index in [0.29, 0.717) is 18.8 Å². The van der Waals surface area contributed by atoms with Crippen LogP contribution in [0.5, 0.6) is 0 Å². The molecule has 4 nitrogen and oxygen atoms in total. The highest BCUT2D eigenvalue weighted by molar-refractivity contribution is 6.40. The summed E-state index contributed by atoms with van der Waals surface area (Å²) in [4.78, 5) is 25.7. The number of carbonyl (C=O) groups is 2. The molecule has 4 heteroatoms. The Morgan fingerprint density at radius 1 is 1.00 bits per heavy atom. The molecule has 0 saturated carbocycles. The molecule has 0 fully saturated rings. The number of nitrogens with zero attached hydrogens (tertiary/aromatic N) is 1. The largest absolute Gasteiger partial charge is 0.327 e. The lowest BCUT2D eigenvalue weighted by Gasteiger charge is -2.18. The van der Waals surface area contributed by atoms with Crippen LogP contribution in [0.2, 0.25) is 0 Å². The van der Waals surface area contributed by atoms with Gasteiger partial charge in [0.2, 0.25) is 0 Å². The number of rotatable bonds is 5. The Hall–Kier alpha value is -2.88. The van der Waals surface area contributed by atoms with Crippen molar-refractivity contribution in [1.29, 1.82) is 0 Å². The van der Waals surface area contributed by atoms with Crippen LogP contribution in [0.15, 0.2) is 67.8 Å². The van der Waals surface area contributed by atoms with Crippen LogP contribution in [0, 0.1) is 0 Å². The van der Waals surface area contributed by atoms with Crippen molar-refractivity contribution in [2.75, 3.05) is 18.4 Å². The predicted molar refractivity (Wildman–Crippen MR) is 89.6 cm³/mol. The Kier molecular flexibility index (Phi) is 5.09. The van der Waals surface area contributed by atoms with Crippen LogP contribution in [0.3, 0.4) is 0 Å². The molecule has 0 spiro atoms. The third kappa shape index (κ3) is 3.41. The van der Waals surface area contributed by atoms with E-state index in [2.05, 4.69) is 18.5 Å². The molecule has 2 aromatic carbocycles. The van der Waals surface area contributed by atoms with Crippen molar-refractivity contribution in [3.8, 4) is 0 Å². The van der Waals surface area contributed by atoms with Gasteiger partial charge >= 0.3 is 11.8 Å². The van der Waals surface area contributed by atoms with Crippen molar-refractivity contribution >= 4 is 28.3 Å². The van der Waals surface area contributed by atoms with Crippen molar-refractivity contribution < 1.29 is 9.59 Å². The number of nitrogens with one attached hydrogen (secondary N) is 1. The average Bonchev–Trinajstić information content (AvgIpc) is 2.54. The van der Waals surface area contributed by atoms with E-state index in [-0.39, 0.29) is 0 Å². The summed E-state index contributed by atoms with van der Waals surface area (Å²) in [5.74, 6) is -1.27. The van der Waals surface area contributed by atoms with Gasteiger partial charge in [0.05, 0.1) is 0 Å². The molecular formula is C18H18N2O2. The van der Waals surface area contributed by atoms with E-state index in [1.165, 1.54) is 4.90 Å². The van der Waals surface area contributed by atoms with Crippen molar-refractivity contribution in [2.45, 2.75) is 0 Å². The molecule has 112 valence electrons. The molecule has 0 aliphatic rings. The van der Waals surface area contributed by atoms with Crippen LogP contribution in [0.4, 0.5) is 5.69 Å². The van der Waals surface area contributed by atoms with Crippen LogP contribution in [0.25, 0.3) is 10.8 Å². The molecule has 0 atom stereocenters. The maximum absolute atomic E-state index is 12.2. The second kappa shape index (κ2) is 7.22. The molecule has 0 saturated heterocycles. The van der Waals surface area contributed by atoms with Crippen LogP contribution in [-0.2, 0) is 9.59 Å². The maximum Gasteiger partial charge on any atom is 0.313 e. The lowest BCUT2D eigenvalue weighted by atomic mass is 10.1. The minimum atomic E-state index is -0.667. The van der Waals surface area contributed by atoms with E-state index in [4.69, 9.17) is 0 Å². The molecule has 1 N–H and O–H groups in total. The summed E-state index contributed by atoms with van der Waals surface area (Å²) in [7, 11) is 0. The summed E-state index contributed by atoms with van der Waals surface area (Å²) < 4.78 is 0. The summed E-state index contributed by atoms with van der Waals surface area (Å²) >= 11 is 0. The van der Waals surface area contributed by atoms with E-state index >= 15 is 0 Å². The molecule has 0 radical (unpaired) electrons. The highest BCUT2D eigenvalue weighted by atomic mass is 16.2. The minimum Gasteiger partial charge on any atom is -0.327 e. The van der Waals surface area contributed by atoms with Crippen LogP contribution in [-0.4, -0.2) is 29.8 Å². The van der Waals surface area contributed by atoms with E-state index in [0.717, 1.165) is 10.8 Å². The van der Waals surface area contributed by atoms with Crippen LogP contribution < -0.4 is 5.32 Å². The molecule has 0 aliphatic carbocycles. The molecule has 2 rings (SSSR count). The number of anilines is 1. The Morgan fingerprint density at radius 2 is 1.64 bits per heavy atom. The zero-order chi connectivity index (χ0) is 15.9. The van der Waals surface area contributed by atoms with Gasteiger partial charge in [0, 0.05) is 24.2 Å². The number of carbonyl (C=O) groups excluding carboxylic acids is 2. The van der Waals surface area contributed by atoms with Gasteiger partial charge in [0.25, 0.3) is 0 Å². The number of amides is 2. The molecular weight excluding hydrogens is 276 g/mol. The lowest BCUT2D eigenvalue weighted by Crippen LogP contribution is -2.39. The van der Waals surface area contributed by atoms with E-state index in [1.807, 2.05) is 36.4 Å². The fourth-order valence-electron chi connectivity index (χ4n) is 2.21. The van der Waals surface area contributed by atoms with Gasteiger partial charge in [-0.1, -0.05) is 48.6 Å². The first-order valence-electron chi connectivity index (χ1n) is 6.97. The van der Waals surface area contributed by atoms with Gasteiger partial charge in [-0.2, -0.15) is 0 Å². The highest BCUT2D eigenvalue weighted by Gasteiger charge is 2.20. The van der Waals surface area contributed by atoms with Gasteiger partial charge in [-0.05, 0) is 11.5 Å².